The minimum atomic E-state index is 0.440. The highest BCUT2D eigenvalue weighted by Gasteiger charge is 2.00. The van der Waals surface area contributed by atoms with Gasteiger partial charge in [-0.2, -0.15) is 0 Å². The third-order valence-corrected chi connectivity index (χ3v) is 2.16. The molecular weight excluding hydrogens is 146 g/mol. The normalized spacial score (nSPS) is 12.8. The highest BCUT2D eigenvalue weighted by Crippen LogP contribution is 2.07. The van der Waals surface area contributed by atoms with Crippen molar-refractivity contribution in [3.05, 3.63) is 12.7 Å². The Balaban J connectivity index is 3.07. The van der Waals surface area contributed by atoms with Gasteiger partial charge in [0.15, 0.2) is 0 Å². The van der Waals surface area contributed by atoms with Crippen LogP contribution >= 0.6 is 0 Å². The predicted octanol–water partition coefficient (Wildman–Crippen LogP) is 3.25. The van der Waals surface area contributed by atoms with Gasteiger partial charge >= 0.3 is 0 Å². The zero-order valence-corrected chi connectivity index (χ0v) is 8.39. The molecule has 0 aromatic rings. The van der Waals surface area contributed by atoms with Crippen molar-refractivity contribution in [3.8, 4) is 0 Å². The van der Waals surface area contributed by atoms with Crippen molar-refractivity contribution in [2.75, 3.05) is 0 Å². The minimum Gasteiger partial charge on any atom is -0.328 e. The Morgan fingerprint density at radius 3 is 2.50 bits per heavy atom. The first-order valence-electron chi connectivity index (χ1n) is 5.17. The second-order valence-corrected chi connectivity index (χ2v) is 3.48. The quantitative estimate of drug-likeness (QED) is 0.438. The van der Waals surface area contributed by atoms with Crippen LogP contribution in [0.5, 0.6) is 0 Å². The molecule has 0 saturated carbocycles. The lowest BCUT2D eigenvalue weighted by Crippen LogP contribution is -2.19. The van der Waals surface area contributed by atoms with E-state index in [0.717, 1.165) is 6.42 Å². The number of allylic oxidation sites excluding steroid dienone is 1. The van der Waals surface area contributed by atoms with E-state index in [4.69, 9.17) is 5.73 Å². The molecular formula is C11H23N. The second kappa shape index (κ2) is 8.79. The van der Waals surface area contributed by atoms with Crippen LogP contribution < -0.4 is 5.73 Å². The molecule has 2 N–H and O–H groups in total. The van der Waals surface area contributed by atoms with Crippen molar-refractivity contribution in [3.63, 3.8) is 0 Å². The van der Waals surface area contributed by atoms with Gasteiger partial charge in [0.25, 0.3) is 0 Å². The maximum Gasteiger partial charge on any atom is 0.00388 e. The Bertz CT molecular complexity index is 99.2. The van der Waals surface area contributed by atoms with Crippen molar-refractivity contribution in [2.45, 2.75) is 57.9 Å². The highest BCUT2D eigenvalue weighted by molar-refractivity contribution is 4.67. The largest absolute Gasteiger partial charge is 0.328 e. The fourth-order valence-corrected chi connectivity index (χ4v) is 1.31. The molecule has 0 rings (SSSR count). The molecule has 1 nitrogen and oxygen atoms in total. The van der Waals surface area contributed by atoms with E-state index in [1.807, 2.05) is 6.08 Å². The lowest BCUT2D eigenvalue weighted by atomic mass is 10.0. The molecule has 0 aromatic heterocycles. The third-order valence-electron chi connectivity index (χ3n) is 2.16. The molecule has 0 saturated heterocycles. The van der Waals surface area contributed by atoms with E-state index < -0.39 is 0 Å². The summed E-state index contributed by atoms with van der Waals surface area (Å²) in [4.78, 5) is 0. The average Bonchev–Trinajstić information content (AvgIpc) is 2.09. The van der Waals surface area contributed by atoms with Crippen LogP contribution in [-0.2, 0) is 0 Å². The van der Waals surface area contributed by atoms with Gasteiger partial charge in [-0.15, -0.1) is 6.58 Å². The molecule has 0 aliphatic carbocycles. The molecule has 0 radical (unpaired) electrons. The summed E-state index contributed by atoms with van der Waals surface area (Å²) in [5, 5.41) is 0. The van der Waals surface area contributed by atoms with Crippen molar-refractivity contribution in [1.82, 2.24) is 0 Å². The highest BCUT2D eigenvalue weighted by atomic mass is 14.6. The summed E-state index contributed by atoms with van der Waals surface area (Å²) in [5.41, 5.74) is 5.92. The zero-order chi connectivity index (χ0) is 9.23. The summed E-state index contributed by atoms with van der Waals surface area (Å²) in [6.45, 7) is 5.91. The lowest BCUT2D eigenvalue weighted by Gasteiger charge is -2.09. The smallest absolute Gasteiger partial charge is 0.00388 e. The SMILES string of the molecule is C=CCCCCC(N)CCCC. The Hall–Kier alpha value is -0.300. The summed E-state index contributed by atoms with van der Waals surface area (Å²) in [5.74, 6) is 0. The van der Waals surface area contributed by atoms with E-state index >= 15 is 0 Å². The lowest BCUT2D eigenvalue weighted by molar-refractivity contribution is 0.514. The van der Waals surface area contributed by atoms with E-state index in [-0.39, 0.29) is 0 Å². The van der Waals surface area contributed by atoms with Gasteiger partial charge in [0.05, 0.1) is 0 Å². The van der Waals surface area contributed by atoms with E-state index in [2.05, 4.69) is 13.5 Å². The number of hydrogen-bond acceptors (Lipinski definition) is 1. The molecule has 0 aromatic carbocycles. The monoisotopic (exact) mass is 169 g/mol. The number of nitrogens with two attached hydrogens (primary N) is 1. The fraction of sp³-hybridized carbons (Fsp3) is 0.818. The van der Waals surface area contributed by atoms with Crippen LogP contribution in [0.1, 0.15) is 51.9 Å². The average molecular weight is 169 g/mol. The van der Waals surface area contributed by atoms with Crippen LogP contribution in [0.4, 0.5) is 0 Å². The standard InChI is InChI=1S/C11H23N/c1-3-5-7-8-10-11(12)9-6-4-2/h3,11H,1,4-10,12H2,2H3. The van der Waals surface area contributed by atoms with Crippen LogP contribution in [-0.4, -0.2) is 6.04 Å². The Kier molecular flexibility index (Phi) is 8.57. The molecule has 1 unspecified atom stereocenters. The Labute approximate surface area is 77.0 Å². The molecule has 0 bridgehead atoms. The van der Waals surface area contributed by atoms with E-state index in [1.165, 1.54) is 38.5 Å². The Morgan fingerprint density at radius 2 is 1.92 bits per heavy atom. The van der Waals surface area contributed by atoms with Gasteiger partial charge in [0.1, 0.15) is 0 Å². The van der Waals surface area contributed by atoms with Crippen molar-refractivity contribution < 1.29 is 0 Å². The summed E-state index contributed by atoms with van der Waals surface area (Å²) >= 11 is 0. The predicted molar refractivity (Wildman–Crippen MR) is 56.2 cm³/mol. The first kappa shape index (κ1) is 11.7. The van der Waals surface area contributed by atoms with Gasteiger partial charge < -0.3 is 5.73 Å². The van der Waals surface area contributed by atoms with Crippen molar-refractivity contribution in [2.24, 2.45) is 5.73 Å². The van der Waals surface area contributed by atoms with E-state index in [1.54, 1.807) is 0 Å². The van der Waals surface area contributed by atoms with Gasteiger partial charge in [-0.1, -0.05) is 32.3 Å². The summed E-state index contributed by atoms with van der Waals surface area (Å²) in [6, 6.07) is 0.440. The third kappa shape index (κ3) is 7.80. The molecule has 0 amide bonds. The van der Waals surface area contributed by atoms with Gasteiger partial charge in [-0.25, -0.2) is 0 Å². The van der Waals surface area contributed by atoms with Gasteiger partial charge in [-0.05, 0) is 25.7 Å². The van der Waals surface area contributed by atoms with Crippen LogP contribution in [0.25, 0.3) is 0 Å². The number of rotatable bonds is 8. The maximum atomic E-state index is 5.92. The second-order valence-electron chi connectivity index (χ2n) is 3.48. The summed E-state index contributed by atoms with van der Waals surface area (Å²) < 4.78 is 0. The maximum absolute atomic E-state index is 5.92. The van der Waals surface area contributed by atoms with E-state index in [9.17, 15) is 0 Å². The number of hydrogen-bond donors (Lipinski definition) is 1. The summed E-state index contributed by atoms with van der Waals surface area (Å²) in [6.07, 6.45) is 10.6. The first-order valence-corrected chi connectivity index (χ1v) is 5.17. The van der Waals surface area contributed by atoms with Crippen LogP contribution in [0.3, 0.4) is 0 Å². The van der Waals surface area contributed by atoms with Crippen LogP contribution in [0.2, 0.25) is 0 Å². The molecule has 12 heavy (non-hydrogen) atoms. The first-order chi connectivity index (χ1) is 5.81. The molecule has 72 valence electrons. The Morgan fingerprint density at radius 1 is 1.25 bits per heavy atom. The molecule has 0 spiro atoms. The molecule has 0 aliphatic heterocycles. The topological polar surface area (TPSA) is 26.0 Å². The molecule has 0 fully saturated rings. The van der Waals surface area contributed by atoms with Crippen molar-refractivity contribution >= 4 is 0 Å². The zero-order valence-electron chi connectivity index (χ0n) is 8.39. The molecule has 1 heteroatoms. The molecule has 1 atom stereocenters. The van der Waals surface area contributed by atoms with Crippen molar-refractivity contribution in [1.29, 1.82) is 0 Å². The van der Waals surface area contributed by atoms with Crippen LogP contribution in [0, 0.1) is 0 Å². The number of unbranched alkanes of at least 4 members (excludes halogenated alkanes) is 3. The fourth-order valence-electron chi connectivity index (χ4n) is 1.31. The molecule has 0 aliphatic rings. The van der Waals surface area contributed by atoms with Gasteiger partial charge in [0.2, 0.25) is 0 Å². The summed E-state index contributed by atoms with van der Waals surface area (Å²) in [7, 11) is 0. The minimum absolute atomic E-state index is 0.440. The molecule has 0 heterocycles. The van der Waals surface area contributed by atoms with E-state index in [0.29, 0.717) is 6.04 Å². The van der Waals surface area contributed by atoms with Gasteiger partial charge in [0, 0.05) is 6.04 Å². The van der Waals surface area contributed by atoms with Crippen LogP contribution in [0.15, 0.2) is 12.7 Å². The van der Waals surface area contributed by atoms with Gasteiger partial charge in [-0.3, -0.25) is 0 Å².